The highest BCUT2D eigenvalue weighted by Crippen LogP contribution is 2.25. The number of nitrogens with one attached hydrogen (secondary N) is 1. The molecule has 0 atom stereocenters. The highest BCUT2D eigenvalue weighted by Gasteiger charge is 2.09. The molecule has 19 heavy (non-hydrogen) atoms. The Balaban J connectivity index is 2.23. The van der Waals surface area contributed by atoms with E-state index in [4.69, 9.17) is 17.3 Å². The van der Waals surface area contributed by atoms with E-state index in [-0.39, 0.29) is 5.91 Å². The molecule has 0 saturated carbocycles. The topological polar surface area (TPSA) is 55.1 Å². The number of hydrogen-bond acceptors (Lipinski definition) is 2. The lowest BCUT2D eigenvalue weighted by Crippen LogP contribution is -2.12. The van der Waals surface area contributed by atoms with Crippen molar-refractivity contribution < 1.29 is 4.79 Å². The summed E-state index contributed by atoms with van der Waals surface area (Å²) in [6.45, 7) is 1.96. The van der Waals surface area contributed by atoms with E-state index in [0.717, 1.165) is 10.0 Å². The van der Waals surface area contributed by atoms with Crippen LogP contribution < -0.4 is 11.1 Å². The van der Waals surface area contributed by atoms with Crippen LogP contribution in [-0.2, 0) is 0 Å². The molecule has 0 spiro atoms. The highest BCUT2D eigenvalue weighted by molar-refractivity contribution is 9.10. The zero-order valence-electron chi connectivity index (χ0n) is 10.2. The quantitative estimate of drug-likeness (QED) is 0.804. The van der Waals surface area contributed by atoms with E-state index in [0.29, 0.717) is 22.0 Å². The Bertz CT molecular complexity index is 643. The molecule has 2 aromatic carbocycles. The Morgan fingerprint density at radius 3 is 2.63 bits per heavy atom. The summed E-state index contributed by atoms with van der Waals surface area (Å²) in [6, 6.07) is 10.4. The van der Waals surface area contributed by atoms with Crippen molar-refractivity contribution in [3.63, 3.8) is 0 Å². The van der Waals surface area contributed by atoms with Crippen molar-refractivity contribution in [3.05, 3.63) is 57.0 Å². The van der Waals surface area contributed by atoms with Gasteiger partial charge in [-0.2, -0.15) is 0 Å². The van der Waals surface area contributed by atoms with Gasteiger partial charge in [-0.15, -0.1) is 0 Å². The molecule has 0 radical (unpaired) electrons. The number of hydrogen-bond donors (Lipinski definition) is 2. The zero-order valence-corrected chi connectivity index (χ0v) is 12.5. The molecule has 0 aliphatic carbocycles. The Kier molecular flexibility index (Phi) is 4.12. The highest BCUT2D eigenvalue weighted by atomic mass is 79.9. The van der Waals surface area contributed by atoms with Crippen LogP contribution in [-0.4, -0.2) is 5.91 Å². The first-order chi connectivity index (χ1) is 8.97. The molecule has 0 aliphatic heterocycles. The standard InChI is InChI=1S/C14H12BrClN2O/c1-8-2-3-9(6-11(8)15)14(19)18-13-5-4-10(17)7-12(13)16/h2-7H,17H2,1H3,(H,18,19). The Labute approximate surface area is 124 Å². The fraction of sp³-hybridized carbons (Fsp3) is 0.0714. The minimum atomic E-state index is -0.215. The van der Waals surface area contributed by atoms with Crippen LogP contribution in [0.4, 0.5) is 11.4 Å². The summed E-state index contributed by atoms with van der Waals surface area (Å²) in [5, 5.41) is 3.17. The number of benzene rings is 2. The molecule has 0 heterocycles. The van der Waals surface area contributed by atoms with Crippen molar-refractivity contribution in [3.8, 4) is 0 Å². The molecule has 0 aromatic heterocycles. The second-order valence-electron chi connectivity index (χ2n) is 4.16. The third kappa shape index (κ3) is 3.28. The molecule has 0 unspecified atom stereocenters. The van der Waals surface area contributed by atoms with Gasteiger partial charge in [-0.25, -0.2) is 0 Å². The van der Waals surface area contributed by atoms with Gasteiger partial charge in [-0.05, 0) is 42.8 Å². The molecule has 3 nitrogen and oxygen atoms in total. The number of nitrogens with two attached hydrogens (primary N) is 1. The monoisotopic (exact) mass is 338 g/mol. The van der Waals surface area contributed by atoms with Gasteiger partial charge < -0.3 is 11.1 Å². The first kappa shape index (κ1) is 13.9. The van der Waals surface area contributed by atoms with Crippen LogP contribution in [0.2, 0.25) is 5.02 Å². The third-order valence-electron chi connectivity index (χ3n) is 2.68. The summed E-state index contributed by atoms with van der Waals surface area (Å²) in [5.74, 6) is -0.215. The molecular weight excluding hydrogens is 328 g/mol. The van der Waals surface area contributed by atoms with E-state index in [1.54, 1.807) is 30.3 Å². The summed E-state index contributed by atoms with van der Waals surface area (Å²) >= 11 is 9.41. The average molecular weight is 340 g/mol. The normalized spacial score (nSPS) is 10.3. The SMILES string of the molecule is Cc1ccc(C(=O)Nc2ccc(N)cc2Cl)cc1Br. The lowest BCUT2D eigenvalue weighted by atomic mass is 10.1. The maximum atomic E-state index is 12.1. The lowest BCUT2D eigenvalue weighted by Gasteiger charge is -2.08. The Morgan fingerprint density at radius 2 is 2.00 bits per heavy atom. The minimum absolute atomic E-state index is 0.215. The molecule has 98 valence electrons. The van der Waals surface area contributed by atoms with Gasteiger partial charge in [0.25, 0.3) is 5.91 Å². The van der Waals surface area contributed by atoms with Crippen molar-refractivity contribution in [2.45, 2.75) is 6.92 Å². The number of aryl methyl sites for hydroxylation is 1. The third-order valence-corrected chi connectivity index (χ3v) is 3.84. The smallest absolute Gasteiger partial charge is 0.255 e. The fourth-order valence-electron chi connectivity index (χ4n) is 1.56. The van der Waals surface area contributed by atoms with E-state index in [2.05, 4.69) is 21.2 Å². The van der Waals surface area contributed by atoms with Crippen molar-refractivity contribution >= 4 is 44.8 Å². The van der Waals surface area contributed by atoms with Gasteiger partial charge in [-0.3, -0.25) is 4.79 Å². The van der Waals surface area contributed by atoms with E-state index in [1.807, 2.05) is 13.0 Å². The summed E-state index contributed by atoms with van der Waals surface area (Å²) in [4.78, 5) is 12.1. The molecule has 0 aliphatic rings. The molecule has 2 aromatic rings. The van der Waals surface area contributed by atoms with Gasteiger partial charge in [0, 0.05) is 15.7 Å². The molecular formula is C14H12BrClN2O. The van der Waals surface area contributed by atoms with Crippen molar-refractivity contribution in [1.29, 1.82) is 0 Å². The van der Waals surface area contributed by atoms with E-state index in [1.165, 1.54) is 0 Å². The number of rotatable bonds is 2. The zero-order chi connectivity index (χ0) is 14.0. The van der Waals surface area contributed by atoms with Crippen molar-refractivity contribution in [1.82, 2.24) is 0 Å². The van der Waals surface area contributed by atoms with Crippen LogP contribution in [0.25, 0.3) is 0 Å². The van der Waals surface area contributed by atoms with Crippen molar-refractivity contribution in [2.24, 2.45) is 0 Å². The number of nitrogen functional groups attached to an aromatic ring is 1. The first-order valence-electron chi connectivity index (χ1n) is 5.60. The maximum Gasteiger partial charge on any atom is 0.255 e. The van der Waals surface area contributed by atoms with Crippen LogP contribution in [0, 0.1) is 6.92 Å². The number of amides is 1. The van der Waals surface area contributed by atoms with Gasteiger partial charge in [0.15, 0.2) is 0 Å². The second-order valence-corrected chi connectivity index (χ2v) is 5.42. The average Bonchev–Trinajstić information content (AvgIpc) is 2.36. The summed E-state index contributed by atoms with van der Waals surface area (Å²) in [7, 11) is 0. The van der Waals surface area contributed by atoms with E-state index in [9.17, 15) is 4.79 Å². The predicted octanol–water partition coefficient (Wildman–Crippen LogP) is 4.25. The minimum Gasteiger partial charge on any atom is -0.399 e. The number of halogens is 2. The number of anilines is 2. The molecule has 5 heteroatoms. The van der Waals surface area contributed by atoms with Gasteiger partial charge in [-0.1, -0.05) is 33.6 Å². The lowest BCUT2D eigenvalue weighted by molar-refractivity contribution is 0.102. The van der Waals surface area contributed by atoms with Crippen LogP contribution in [0.3, 0.4) is 0 Å². The molecule has 1 amide bonds. The molecule has 0 bridgehead atoms. The Morgan fingerprint density at radius 1 is 1.26 bits per heavy atom. The van der Waals surface area contributed by atoms with Gasteiger partial charge in [0.2, 0.25) is 0 Å². The molecule has 0 saturated heterocycles. The summed E-state index contributed by atoms with van der Waals surface area (Å²) in [5.41, 5.74) is 8.33. The Hall–Kier alpha value is -1.52. The van der Waals surface area contributed by atoms with Gasteiger partial charge >= 0.3 is 0 Å². The van der Waals surface area contributed by atoms with E-state index < -0.39 is 0 Å². The molecule has 0 fully saturated rings. The maximum absolute atomic E-state index is 12.1. The first-order valence-corrected chi connectivity index (χ1v) is 6.77. The fourth-order valence-corrected chi connectivity index (χ4v) is 2.18. The van der Waals surface area contributed by atoms with Crippen LogP contribution in [0.1, 0.15) is 15.9 Å². The summed E-state index contributed by atoms with van der Waals surface area (Å²) < 4.78 is 0.892. The summed E-state index contributed by atoms with van der Waals surface area (Å²) in [6.07, 6.45) is 0. The van der Waals surface area contributed by atoms with Gasteiger partial charge in [0.05, 0.1) is 10.7 Å². The molecule has 3 N–H and O–H groups in total. The number of carbonyl (C=O) groups is 1. The molecule has 2 rings (SSSR count). The predicted molar refractivity (Wildman–Crippen MR) is 82.7 cm³/mol. The van der Waals surface area contributed by atoms with Crippen LogP contribution in [0.15, 0.2) is 40.9 Å². The van der Waals surface area contributed by atoms with Crippen molar-refractivity contribution in [2.75, 3.05) is 11.1 Å². The van der Waals surface area contributed by atoms with Crippen LogP contribution in [0.5, 0.6) is 0 Å². The second kappa shape index (κ2) is 5.63. The van der Waals surface area contributed by atoms with Gasteiger partial charge in [0.1, 0.15) is 0 Å². The van der Waals surface area contributed by atoms with Crippen LogP contribution >= 0.6 is 27.5 Å². The number of carbonyl (C=O) groups excluding carboxylic acids is 1. The largest absolute Gasteiger partial charge is 0.399 e. The van der Waals surface area contributed by atoms with E-state index >= 15 is 0 Å².